The summed E-state index contributed by atoms with van der Waals surface area (Å²) in [5.41, 5.74) is 6.03. The van der Waals surface area contributed by atoms with Gasteiger partial charge in [0.2, 0.25) is 5.91 Å². The van der Waals surface area contributed by atoms with E-state index in [1.165, 1.54) is 0 Å². The molecular formula is C22H26N2O5. The van der Waals surface area contributed by atoms with Gasteiger partial charge in [-0.05, 0) is 24.1 Å². The van der Waals surface area contributed by atoms with Crippen molar-refractivity contribution in [2.75, 3.05) is 13.2 Å². The number of benzene rings is 2. The molecule has 0 heterocycles. The van der Waals surface area contributed by atoms with Crippen molar-refractivity contribution in [2.45, 2.75) is 32.6 Å². The molecule has 154 valence electrons. The third kappa shape index (κ3) is 8.04. The molecule has 2 amide bonds. The molecule has 0 fully saturated rings. The molecule has 2 rings (SSSR count). The topological polar surface area (TPSA) is 93.7 Å². The van der Waals surface area contributed by atoms with Crippen LogP contribution in [0.25, 0.3) is 0 Å². The molecule has 0 unspecified atom stereocenters. The molecule has 7 nitrogen and oxygen atoms in total. The highest BCUT2D eigenvalue weighted by atomic mass is 16.5. The Bertz CT molecular complexity index is 808. The average Bonchev–Trinajstić information content (AvgIpc) is 2.75. The van der Waals surface area contributed by atoms with Crippen molar-refractivity contribution in [1.29, 1.82) is 0 Å². The Morgan fingerprint density at radius 1 is 0.862 bits per heavy atom. The Labute approximate surface area is 170 Å². The number of esters is 1. The molecule has 0 saturated carbocycles. The zero-order chi connectivity index (χ0) is 20.9. The monoisotopic (exact) mass is 398 g/mol. The smallest absolute Gasteiger partial charge is 0.306 e. The van der Waals surface area contributed by atoms with Crippen LogP contribution >= 0.6 is 0 Å². The lowest BCUT2D eigenvalue weighted by Gasteiger charge is -2.11. The molecule has 2 aromatic rings. The molecule has 0 bridgehead atoms. The van der Waals surface area contributed by atoms with E-state index in [2.05, 4.69) is 10.9 Å². The number of para-hydroxylation sites is 1. The quantitative estimate of drug-likeness (QED) is 0.474. The number of rotatable bonds is 10. The van der Waals surface area contributed by atoms with Gasteiger partial charge >= 0.3 is 5.97 Å². The number of ether oxygens (including phenoxy) is 2. The fraction of sp³-hybridized carbons (Fsp3) is 0.318. The van der Waals surface area contributed by atoms with E-state index in [1.54, 1.807) is 24.3 Å². The van der Waals surface area contributed by atoms with Gasteiger partial charge in [0.1, 0.15) is 5.75 Å². The van der Waals surface area contributed by atoms with Crippen molar-refractivity contribution >= 4 is 17.8 Å². The largest absolute Gasteiger partial charge is 0.493 e. The van der Waals surface area contributed by atoms with Crippen LogP contribution in [0.15, 0.2) is 54.6 Å². The summed E-state index contributed by atoms with van der Waals surface area (Å²) < 4.78 is 10.6. The van der Waals surface area contributed by atoms with Crippen molar-refractivity contribution in [3.63, 3.8) is 0 Å². The molecule has 0 saturated heterocycles. The van der Waals surface area contributed by atoms with E-state index < -0.39 is 17.8 Å². The highest BCUT2D eigenvalue weighted by Crippen LogP contribution is 2.17. The van der Waals surface area contributed by atoms with Crippen LogP contribution in [0.1, 0.15) is 42.1 Å². The molecule has 0 aliphatic rings. The molecule has 29 heavy (non-hydrogen) atoms. The molecule has 2 aromatic carbocycles. The summed E-state index contributed by atoms with van der Waals surface area (Å²) in [6, 6.07) is 16.4. The number of carbonyl (C=O) groups excluding carboxylic acids is 3. The number of hydrogen-bond acceptors (Lipinski definition) is 5. The molecule has 0 atom stereocenters. The van der Waals surface area contributed by atoms with Crippen LogP contribution in [0.3, 0.4) is 0 Å². The van der Waals surface area contributed by atoms with Gasteiger partial charge in [0, 0.05) is 12.8 Å². The van der Waals surface area contributed by atoms with E-state index in [-0.39, 0.29) is 19.4 Å². The average molecular weight is 398 g/mol. The van der Waals surface area contributed by atoms with E-state index in [0.29, 0.717) is 24.3 Å². The second-order valence-corrected chi connectivity index (χ2v) is 6.30. The summed E-state index contributed by atoms with van der Waals surface area (Å²) in [6.07, 6.45) is 1.29. The Morgan fingerprint density at radius 3 is 2.34 bits per heavy atom. The van der Waals surface area contributed by atoms with Crippen molar-refractivity contribution < 1.29 is 23.9 Å². The van der Waals surface area contributed by atoms with Crippen LogP contribution in [-0.4, -0.2) is 31.0 Å². The highest BCUT2D eigenvalue weighted by molar-refractivity contribution is 5.98. The first-order valence-electron chi connectivity index (χ1n) is 9.60. The molecule has 2 N–H and O–H groups in total. The molecule has 7 heteroatoms. The molecule has 0 aliphatic carbocycles. The minimum atomic E-state index is -0.490. The fourth-order valence-electron chi connectivity index (χ4n) is 2.46. The van der Waals surface area contributed by atoms with Crippen molar-refractivity contribution in [3.8, 4) is 5.75 Å². The standard InChI is InChI=1S/C22H26N2O5/c1-2-15-28-19-11-7-6-10-18(19)22(27)24-23-20(25)12-13-21(26)29-16-14-17-8-4-3-5-9-17/h3-11H,2,12-16H2,1H3,(H,23,25)(H,24,27). The van der Waals surface area contributed by atoms with E-state index in [9.17, 15) is 14.4 Å². The third-order valence-electron chi connectivity index (χ3n) is 3.96. The third-order valence-corrected chi connectivity index (χ3v) is 3.96. The van der Waals surface area contributed by atoms with Gasteiger partial charge in [-0.15, -0.1) is 0 Å². The van der Waals surface area contributed by atoms with Gasteiger partial charge < -0.3 is 9.47 Å². The predicted octanol–water partition coefficient (Wildman–Crippen LogP) is 2.80. The Balaban J connectivity index is 1.67. The zero-order valence-electron chi connectivity index (χ0n) is 16.5. The van der Waals surface area contributed by atoms with Gasteiger partial charge in [-0.3, -0.25) is 25.2 Å². The molecule has 0 aromatic heterocycles. The van der Waals surface area contributed by atoms with Gasteiger partial charge in [0.05, 0.1) is 25.2 Å². The van der Waals surface area contributed by atoms with Gasteiger partial charge in [0.15, 0.2) is 0 Å². The SMILES string of the molecule is CCCOc1ccccc1C(=O)NNC(=O)CCC(=O)OCCc1ccccc1. The van der Waals surface area contributed by atoms with Crippen LogP contribution in [0.5, 0.6) is 5.75 Å². The van der Waals surface area contributed by atoms with Gasteiger partial charge in [0.25, 0.3) is 5.91 Å². The lowest BCUT2D eigenvalue weighted by molar-refractivity contribution is -0.144. The number of amides is 2. The van der Waals surface area contributed by atoms with Crippen molar-refractivity contribution in [2.24, 2.45) is 0 Å². The van der Waals surface area contributed by atoms with Crippen molar-refractivity contribution in [1.82, 2.24) is 10.9 Å². The summed E-state index contributed by atoms with van der Waals surface area (Å²) in [7, 11) is 0. The van der Waals surface area contributed by atoms with Gasteiger partial charge in [-0.2, -0.15) is 0 Å². The van der Waals surface area contributed by atoms with Crippen molar-refractivity contribution in [3.05, 3.63) is 65.7 Å². The van der Waals surface area contributed by atoms with Crippen LogP contribution in [0.2, 0.25) is 0 Å². The molecule has 0 spiro atoms. The summed E-state index contributed by atoms with van der Waals surface area (Å²) in [6.45, 7) is 2.72. The lowest BCUT2D eigenvalue weighted by atomic mass is 10.2. The van der Waals surface area contributed by atoms with Crippen LogP contribution in [0.4, 0.5) is 0 Å². The van der Waals surface area contributed by atoms with Crippen LogP contribution in [0, 0.1) is 0 Å². The van der Waals surface area contributed by atoms with Gasteiger partial charge in [-0.25, -0.2) is 0 Å². The number of nitrogens with one attached hydrogen (secondary N) is 2. The van der Waals surface area contributed by atoms with Crippen LogP contribution in [-0.2, 0) is 20.7 Å². The first kappa shape index (κ1) is 21.9. The van der Waals surface area contributed by atoms with E-state index in [0.717, 1.165) is 12.0 Å². The first-order chi connectivity index (χ1) is 14.1. The first-order valence-corrected chi connectivity index (χ1v) is 9.60. The summed E-state index contributed by atoms with van der Waals surface area (Å²) in [5, 5.41) is 0. The number of carbonyl (C=O) groups is 3. The van der Waals surface area contributed by atoms with E-state index in [1.807, 2.05) is 37.3 Å². The Kier molecular flexibility index (Phi) is 9.21. The van der Waals surface area contributed by atoms with Gasteiger partial charge in [-0.1, -0.05) is 49.4 Å². The van der Waals surface area contributed by atoms with E-state index in [4.69, 9.17) is 9.47 Å². The molecule has 0 aliphatic heterocycles. The second kappa shape index (κ2) is 12.2. The minimum absolute atomic E-state index is 0.0628. The summed E-state index contributed by atoms with van der Waals surface area (Å²) in [4.78, 5) is 35.9. The Morgan fingerprint density at radius 2 is 1.59 bits per heavy atom. The molecule has 0 radical (unpaired) electrons. The second-order valence-electron chi connectivity index (χ2n) is 6.30. The zero-order valence-corrected chi connectivity index (χ0v) is 16.5. The maximum Gasteiger partial charge on any atom is 0.306 e. The number of hydrogen-bond donors (Lipinski definition) is 2. The minimum Gasteiger partial charge on any atom is -0.493 e. The maximum atomic E-state index is 12.2. The summed E-state index contributed by atoms with van der Waals surface area (Å²) in [5.74, 6) is -0.982. The normalized spacial score (nSPS) is 10.1. The number of hydrazine groups is 1. The highest BCUT2D eigenvalue weighted by Gasteiger charge is 2.14. The fourth-order valence-corrected chi connectivity index (χ4v) is 2.46. The summed E-state index contributed by atoms with van der Waals surface area (Å²) >= 11 is 0. The lowest BCUT2D eigenvalue weighted by Crippen LogP contribution is -2.41. The van der Waals surface area contributed by atoms with E-state index >= 15 is 0 Å². The van der Waals surface area contributed by atoms with Crippen LogP contribution < -0.4 is 15.6 Å². The maximum absolute atomic E-state index is 12.2. The Hall–Kier alpha value is -3.35. The predicted molar refractivity (Wildman–Crippen MR) is 108 cm³/mol. The molecular weight excluding hydrogens is 372 g/mol.